The van der Waals surface area contributed by atoms with Crippen molar-refractivity contribution in [3.05, 3.63) is 39.4 Å². The fourth-order valence-electron chi connectivity index (χ4n) is 1.65. The van der Waals surface area contributed by atoms with Crippen molar-refractivity contribution >= 4 is 23.2 Å². The van der Waals surface area contributed by atoms with Gasteiger partial charge in [-0.1, -0.05) is 35.7 Å². The molecule has 0 saturated carbocycles. The van der Waals surface area contributed by atoms with Crippen LogP contribution in [0.5, 0.6) is 5.75 Å². The molecule has 4 heteroatoms. The summed E-state index contributed by atoms with van der Waals surface area (Å²) >= 11 is 12.2. The third-order valence-corrected chi connectivity index (χ3v) is 3.31. The predicted octanol–water partition coefficient (Wildman–Crippen LogP) is 4.62. The normalized spacial score (nSPS) is 12.1. The van der Waals surface area contributed by atoms with Crippen molar-refractivity contribution in [2.75, 3.05) is 6.61 Å². The summed E-state index contributed by atoms with van der Waals surface area (Å²) < 4.78 is 5.76. The van der Waals surface area contributed by atoms with Gasteiger partial charge in [0.2, 0.25) is 0 Å². The Bertz CT molecular complexity index is 454. The molecule has 1 atom stereocenters. The number of hydrogen-bond donors (Lipinski definition) is 1. The summed E-state index contributed by atoms with van der Waals surface area (Å²) in [6, 6.07) is 3.66. The molecular formula is C15H21Cl2NO. The maximum atomic E-state index is 6.21. The van der Waals surface area contributed by atoms with Crippen molar-refractivity contribution in [2.45, 2.75) is 39.7 Å². The molecule has 1 unspecified atom stereocenters. The second-order valence-electron chi connectivity index (χ2n) is 4.84. The topological polar surface area (TPSA) is 35.2 Å². The van der Waals surface area contributed by atoms with E-state index in [1.165, 1.54) is 5.57 Å². The first-order valence-corrected chi connectivity index (χ1v) is 7.19. The van der Waals surface area contributed by atoms with Gasteiger partial charge in [-0.2, -0.15) is 0 Å². The average Bonchev–Trinajstić information content (AvgIpc) is 2.31. The van der Waals surface area contributed by atoms with Gasteiger partial charge in [0, 0.05) is 11.1 Å². The summed E-state index contributed by atoms with van der Waals surface area (Å²) in [4.78, 5) is 0. The zero-order chi connectivity index (χ0) is 14.4. The molecule has 0 radical (unpaired) electrons. The average molecular weight is 302 g/mol. The first kappa shape index (κ1) is 16.4. The van der Waals surface area contributed by atoms with E-state index in [2.05, 4.69) is 6.92 Å². The number of rotatable bonds is 6. The summed E-state index contributed by atoms with van der Waals surface area (Å²) in [5, 5.41) is 1.14. The Morgan fingerprint density at radius 2 is 2.05 bits per heavy atom. The number of allylic oxidation sites excluding steroid dienone is 1. The summed E-state index contributed by atoms with van der Waals surface area (Å²) in [5.74, 6) is 0.687. The first-order chi connectivity index (χ1) is 8.93. The lowest BCUT2D eigenvalue weighted by atomic mass is 10.0. The van der Waals surface area contributed by atoms with Crippen LogP contribution in [0.4, 0.5) is 0 Å². The SMILES string of the molecule is CCC(N)Cc1cc(Cl)cc(Cl)c1OCC=C(C)C. The molecule has 0 spiro atoms. The van der Waals surface area contributed by atoms with E-state index in [-0.39, 0.29) is 6.04 Å². The molecule has 0 aliphatic heterocycles. The molecule has 1 rings (SSSR count). The second kappa shape index (κ2) is 7.78. The summed E-state index contributed by atoms with van der Waals surface area (Å²) in [5.41, 5.74) is 8.17. The van der Waals surface area contributed by atoms with E-state index in [1.807, 2.05) is 26.0 Å². The van der Waals surface area contributed by atoms with Gasteiger partial charge in [-0.3, -0.25) is 0 Å². The number of hydrogen-bond acceptors (Lipinski definition) is 2. The van der Waals surface area contributed by atoms with Gasteiger partial charge >= 0.3 is 0 Å². The molecule has 0 fully saturated rings. The van der Waals surface area contributed by atoms with Crippen molar-refractivity contribution < 1.29 is 4.74 Å². The Hall–Kier alpha value is -0.700. The monoisotopic (exact) mass is 301 g/mol. The molecule has 0 aromatic heterocycles. The van der Waals surface area contributed by atoms with E-state index in [0.717, 1.165) is 12.0 Å². The molecule has 1 aromatic rings. The second-order valence-corrected chi connectivity index (χ2v) is 5.68. The van der Waals surface area contributed by atoms with Gasteiger partial charge in [-0.15, -0.1) is 0 Å². The summed E-state index contributed by atoms with van der Waals surface area (Å²) in [6.07, 6.45) is 3.62. The highest BCUT2D eigenvalue weighted by Crippen LogP contribution is 2.33. The molecule has 0 amide bonds. The van der Waals surface area contributed by atoms with Crippen molar-refractivity contribution in [3.63, 3.8) is 0 Å². The Labute approximate surface area is 125 Å². The maximum Gasteiger partial charge on any atom is 0.141 e. The highest BCUT2D eigenvalue weighted by atomic mass is 35.5. The van der Waals surface area contributed by atoms with E-state index in [0.29, 0.717) is 28.8 Å². The van der Waals surface area contributed by atoms with Crippen LogP contribution < -0.4 is 10.5 Å². The van der Waals surface area contributed by atoms with Gasteiger partial charge in [-0.05, 0) is 50.5 Å². The quantitative estimate of drug-likeness (QED) is 0.778. The number of halogens is 2. The Kier molecular flexibility index (Phi) is 6.70. The molecule has 0 bridgehead atoms. The van der Waals surface area contributed by atoms with Gasteiger partial charge in [0.05, 0.1) is 5.02 Å². The highest BCUT2D eigenvalue weighted by Gasteiger charge is 2.13. The lowest BCUT2D eigenvalue weighted by Crippen LogP contribution is -2.21. The number of ether oxygens (including phenoxy) is 1. The largest absolute Gasteiger partial charge is 0.488 e. The van der Waals surface area contributed by atoms with Gasteiger partial charge in [0.1, 0.15) is 12.4 Å². The zero-order valence-corrected chi connectivity index (χ0v) is 13.2. The molecule has 0 aliphatic carbocycles. The van der Waals surface area contributed by atoms with Crippen molar-refractivity contribution in [1.29, 1.82) is 0 Å². The molecular weight excluding hydrogens is 281 g/mol. The van der Waals surface area contributed by atoms with Crippen LogP contribution in [0.15, 0.2) is 23.8 Å². The number of benzene rings is 1. The zero-order valence-electron chi connectivity index (χ0n) is 11.7. The van der Waals surface area contributed by atoms with E-state index in [1.54, 1.807) is 6.07 Å². The molecule has 2 nitrogen and oxygen atoms in total. The van der Waals surface area contributed by atoms with E-state index >= 15 is 0 Å². The van der Waals surface area contributed by atoms with Crippen LogP contribution in [-0.4, -0.2) is 12.6 Å². The van der Waals surface area contributed by atoms with Gasteiger partial charge in [0.25, 0.3) is 0 Å². The third-order valence-electron chi connectivity index (χ3n) is 2.81. The summed E-state index contributed by atoms with van der Waals surface area (Å²) in [7, 11) is 0. The maximum absolute atomic E-state index is 6.21. The van der Waals surface area contributed by atoms with Crippen LogP contribution >= 0.6 is 23.2 Å². The lowest BCUT2D eigenvalue weighted by molar-refractivity contribution is 0.357. The van der Waals surface area contributed by atoms with Crippen LogP contribution in [0.1, 0.15) is 32.8 Å². The van der Waals surface area contributed by atoms with Crippen molar-refractivity contribution in [1.82, 2.24) is 0 Å². The van der Waals surface area contributed by atoms with E-state index in [9.17, 15) is 0 Å². The first-order valence-electron chi connectivity index (χ1n) is 6.43. The van der Waals surface area contributed by atoms with E-state index < -0.39 is 0 Å². The number of nitrogens with two attached hydrogens (primary N) is 1. The standard InChI is InChI=1S/C15H21Cl2NO/c1-4-13(18)8-11-7-12(16)9-14(17)15(11)19-6-5-10(2)3/h5,7,9,13H,4,6,8,18H2,1-3H3. The minimum atomic E-state index is 0.0836. The van der Waals surface area contributed by atoms with E-state index in [4.69, 9.17) is 33.7 Å². The fraction of sp³-hybridized carbons (Fsp3) is 0.467. The minimum Gasteiger partial charge on any atom is -0.488 e. The van der Waals surface area contributed by atoms with Crippen molar-refractivity contribution in [2.24, 2.45) is 5.73 Å². The summed E-state index contributed by atoms with van der Waals surface area (Å²) in [6.45, 7) is 6.61. The molecule has 19 heavy (non-hydrogen) atoms. The van der Waals surface area contributed by atoms with Crippen LogP contribution in [0.3, 0.4) is 0 Å². The molecule has 2 N–H and O–H groups in total. The Morgan fingerprint density at radius 3 is 2.63 bits per heavy atom. The molecule has 106 valence electrons. The van der Waals surface area contributed by atoms with Crippen molar-refractivity contribution in [3.8, 4) is 5.75 Å². The Morgan fingerprint density at radius 1 is 1.37 bits per heavy atom. The highest BCUT2D eigenvalue weighted by molar-refractivity contribution is 6.35. The van der Waals surface area contributed by atoms with Gasteiger partial charge in [0.15, 0.2) is 0 Å². The van der Waals surface area contributed by atoms with Crippen LogP contribution in [0, 0.1) is 0 Å². The predicted molar refractivity (Wildman–Crippen MR) is 83.4 cm³/mol. The molecule has 0 saturated heterocycles. The lowest BCUT2D eigenvalue weighted by Gasteiger charge is -2.15. The third kappa shape index (κ3) is 5.43. The van der Waals surface area contributed by atoms with Crippen LogP contribution in [-0.2, 0) is 6.42 Å². The smallest absolute Gasteiger partial charge is 0.141 e. The molecule has 0 aliphatic rings. The van der Waals surface area contributed by atoms with Gasteiger partial charge in [-0.25, -0.2) is 0 Å². The van der Waals surface area contributed by atoms with Crippen LogP contribution in [0.25, 0.3) is 0 Å². The molecule has 0 heterocycles. The fourth-order valence-corrected chi connectivity index (χ4v) is 2.24. The van der Waals surface area contributed by atoms with Crippen LogP contribution in [0.2, 0.25) is 10.0 Å². The van der Waals surface area contributed by atoms with Gasteiger partial charge < -0.3 is 10.5 Å². The minimum absolute atomic E-state index is 0.0836. The Balaban J connectivity index is 2.95. The molecule has 1 aromatic carbocycles.